The Morgan fingerprint density at radius 2 is 1.75 bits per heavy atom. The van der Waals surface area contributed by atoms with Gasteiger partial charge in [0.1, 0.15) is 5.69 Å². The first-order chi connectivity index (χ1) is 13.3. The van der Waals surface area contributed by atoms with Crippen molar-refractivity contribution in [2.75, 3.05) is 0 Å². The average Bonchev–Trinajstić information content (AvgIpc) is 3.10. The lowest BCUT2D eigenvalue weighted by Crippen LogP contribution is -2.11. The minimum absolute atomic E-state index is 0.0107. The number of carboxylic acids is 1. The van der Waals surface area contributed by atoms with Crippen molar-refractivity contribution in [1.29, 1.82) is 0 Å². The number of oxazole rings is 1. The molecule has 3 rings (SSSR count). The molecule has 1 unspecified atom stereocenters. The number of hydrogen-bond acceptors (Lipinski definition) is 5. The molecule has 0 fully saturated rings. The summed E-state index contributed by atoms with van der Waals surface area (Å²) in [6.45, 7) is 1.64. The van der Waals surface area contributed by atoms with Crippen LogP contribution >= 0.6 is 0 Å². The molecule has 0 aliphatic heterocycles. The normalized spacial score (nSPS) is 12.6. The van der Waals surface area contributed by atoms with Crippen LogP contribution in [-0.4, -0.2) is 24.5 Å². The van der Waals surface area contributed by atoms with Gasteiger partial charge >= 0.3 is 5.97 Å². The quantitative estimate of drug-likeness (QED) is 0.627. The van der Waals surface area contributed by atoms with Gasteiger partial charge in [-0.2, -0.15) is 0 Å². The summed E-state index contributed by atoms with van der Waals surface area (Å²) in [5.74, 6) is -0.405. The third-order valence-corrected chi connectivity index (χ3v) is 5.31. The maximum atomic E-state index is 11.5. The van der Waals surface area contributed by atoms with Crippen LogP contribution in [0.15, 0.2) is 63.9 Å². The molecule has 8 heteroatoms. The summed E-state index contributed by atoms with van der Waals surface area (Å²) in [7, 11) is -3.78. The van der Waals surface area contributed by atoms with Gasteiger partial charge in [-0.1, -0.05) is 49.4 Å². The second kappa shape index (κ2) is 7.95. The molecule has 0 bridgehead atoms. The van der Waals surface area contributed by atoms with Gasteiger partial charge in [0, 0.05) is 17.5 Å². The van der Waals surface area contributed by atoms with Crippen molar-refractivity contribution in [2.45, 2.75) is 24.7 Å². The number of nitrogens with zero attached hydrogens (tertiary/aromatic N) is 1. The number of benzene rings is 2. The summed E-state index contributed by atoms with van der Waals surface area (Å²) in [4.78, 5) is 15.6. The van der Waals surface area contributed by atoms with Gasteiger partial charge in [-0.15, -0.1) is 0 Å². The SMILES string of the molecule is CC(CCc1nc(-c2ccc(S(N)(=O)=O)cc2)c(-c2ccccc2)o1)C(=O)O. The molecule has 28 heavy (non-hydrogen) atoms. The zero-order valence-corrected chi connectivity index (χ0v) is 16.0. The molecule has 2 aromatic carbocycles. The van der Waals surface area contributed by atoms with Gasteiger partial charge in [0.2, 0.25) is 10.0 Å². The summed E-state index contributed by atoms with van der Waals surface area (Å²) in [5, 5.41) is 14.2. The van der Waals surface area contributed by atoms with E-state index in [-0.39, 0.29) is 4.90 Å². The van der Waals surface area contributed by atoms with Crippen molar-refractivity contribution < 1.29 is 22.7 Å². The van der Waals surface area contributed by atoms with Crippen molar-refractivity contribution in [3.63, 3.8) is 0 Å². The monoisotopic (exact) mass is 400 g/mol. The Hall–Kier alpha value is -2.97. The first-order valence-electron chi connectivity index (χ1n) is 8.67. The van der Waals surface area contributed by atoms with Gasteiger partial charge in [-0.3, -0.25) is 4.79 Å². The Labute approximate surface area is 162 Å². The molecule has 1 aromatic heterocycles. The van der Waals surface area contributed by atoms with Gasteiger partial charge in [0.15, 0.2) is 11.7 Å². The number of aromatic nitrogens is 1. The molecule has 7 nitrogen and oxygen atoms in total. The second-order valence-corrected chi connectivity index (χ2v) is 8.06. The van der Waals surface area contributed by atoms with E-state index < -0.39 is 21.9 Å². The fourth-order valence-corrected chi connectivity index (χ4v) is 3.23. The first kappa shape index (κ1) is 19.8. The number of rotatable bonds is 7. The van der Waals surface area contributed by atoms with Gasteiger partial charge in [-0.25, -0.2) is 18.5 Å². The molecule has 0 saturated heterocycles. The molecule has 0 radical (unpaired) electrons. The number of sulfonamides is 1. The van der Waals surface area contributed by atoms with Crippen LogP contribution in [0.3, 0.4) is 0 Å². The van der Waals surface area contributed by atoms with Crippen molar-refractivity contribution in [1.82, 2.24) is 4.98 Å². The minimum atomic E-state index is -3.78. The largest absolute Gasteiger partial charge is 0.481 e. The van der Waals surface area contributed by atoms with Gasteiger partial charge in [0.25, 0.3) is 0 Å². The highest BCUT2D eigenvalue weighted by Gasteiger charge is 2.19. The smallest absolute Gasteiger partial charge is 0.306 e. The highest BCUT2D eigenvalue weighted by atomic mass is 32.2. The number of carbonyl (C=O) groups is 1. The molecular formula is C20H20N2O5S. The molecule has 3 aromatic rings. The maximum absolute atomic E-state index is 11.5. The fraction of sp³-hybridized carbons (Fsp3) is 0.200. The Kier molecular flexibility index (Phi) is 5.62. The minimum Gasteiger partial charge on any atom is -0.481 e. The van der Waals surface area contributed by atoms with E-state index in [1.54, 1.807) is 19.1 Å². The highest BCUT2D eigenvalue weighted by molar-refractivity contribution is 7.89. The Morgan fingerprint density at radius 1 is 1.11 bits per heavy atom. The predicted molar refractivity (Wildman–Crippen MR) is 104 cm³/mol. The van der Waals surface area contributed by atoms with Crippen molar-refractivity contribution in [3.05, 3.63) is 60.5 Å². The van der Waals surface area contributed by atoms with Crippen LogP contribution in [0.25, 0.3) is 22.6 Å². The second-order valence-electron chi connectivity index (χ2n) is 6.50. The molecule has 0 amide bonds. The standard InChI is InChI=1S/C20H20N2O5S/c1-13(20(23)24)7-12-17-22-18(19(27-17)15-5-3-2-4-6-15)14-8-10-16(11-9-14)28(21,25)26/h2-6,8-11,13H,7,12H2,1H3,(H,23,24)(H2,21,25,26). The highest BCUT2D eigenvalue weighted by Crippen LogP contribution is 2.33. The summed E-state index contributed by atoms with van der Waals surface area (Å²) in [6.07, 6.45) is 0.774. The average molecular weight is 400 g/mol. The van der Waals surface area contributed by atoms with Crippen molar-refractivity contribution in [2.24, 2.45) is 11.1 Å². The lowest BCUT2D eigenvalue weighted by Gasteiger charge is -2.03. The number of primary sulfonamides is 1. The van der Waals surface area contributed by atoms with E-state index in [0.29, 0.717) is 35.7 Å². The predicted octanol–water partition coefficient (Wildman–Crippen LogP) is 3.31. The Morgan fingerprint density at radius 3 is 2.32 bits per heavy atom. The molecule has 0 aliphatic rings. The lowest BCUT2D eigenvalue weighted by atomic mass is 10.1. The Bertz CT molecular complexity index is 1070. The van der Waals surface area contributed by atoms with E-state index in [1.807, 2.05) is 30.3 Å². The van der Waals surface area contributed by atoms with Gasteiger partial charge in [0.05, 0.1) is 10.8 Å². The van der Waals surface area contributed by atoms with Crippen LogP contribution in [-0.2, 0) is 21.2 Å². The molecule has 0 aliphatic carbocycles. The Balaban J connectivity index is 2.00. The van der Waals surface area contributed by atoms with Crippen molar-refractivity contribution in [3.8, 4) is 22.6 Å². The van der Waals surface area contributed by atoms with Gasteiger partial charge < -0.3 is 9.52 Å². The number of aryl methyl sites for hydroxylation is 1. The summed E-state index contributed by atoms with van der Waals surface area (Å²) in [5.41, 5.74) is 2.05. The molecule has 1 heterocycles. The first-order valence-corrected chi connectivity index (χ1v) is 10.2. The van der Waals surface area contributed by atoms with E-state index in [4.69, 9.17) is 14.7 Å². The number of nitrogens with two attached hydrogens (primary N) is 1. The lowest BCUT2D eigenvalue weighted by molar-refractivity contribution is -0.141. The molecule has 1 atom stereocenters. The van der Waals surface area contributed by atoms with E-state index in [0.717, 1.165) is 5.56 Å². The number of carboxylic acid groups (broad SMARTS) is 1. The van der Waals surface area contributed by atoms with E-state index in [2.05, 4.69) is 4.98 Å². The van der Waals surface area contributed by atoms with E-state index in [1.165, 1.54) is 12.1 Å². The topological polar surface area (TPSA) is 123 Å². The fourth-order valence-electron chi connectivity index (χ4n) is 2.72. The van der Waals surface area contributed by atoms with Crippen LogP contribution < -0.4 is 5.14 Å². The van der Waals surface area contributed by atoms with Crippen molar-refractivity contribution >= 4 is 16.0 Å². The van der Waals surface area contributed by atoms with Crippen LogP contribution in [0, 0.1) is 5.92 Å². The zero-order chi connectivity index (χ0) is 20.3. The maximum Gasteiger partial charge on any atom is 0.306 e. The van der Waals surface area contributed by atoms with Gasteiger partial charge in [-0.05, 0) is 18.6 Å². The number of hydrogen-bond donors (Lipinski definition) is 2. The summed E-state index contributed by atoms with van der Waals surface area (Å²) in [6, 6.07) is 15.5. The number of aliphatic carboxylic acids is 1. The van der Waals surface area contributed by atoms with Crippen LogP contribution in [0.1, 0.15) is 19.2 Å². The molecule has 0 saturated carbocycles. The molecule has 146 valence electrons. The third-order valence-electron chi connectivity index (χ3n) is 4.38. The summed E-state index contributed by atoms with van der Waals surface area (Å²) < 4.78 is 28.9. The van der Waals surface area contributed by atoms with E-state index >= 15 is 0 Å². The summed E-state index contributed by atoms with van der Waals surface area (Å²) >= 11 is 0. The van der Waals surface area contributed by atoms with Crippen LogP contribution in [0.5, 0.6) is 0 Å². The molecule has 0 spiro atoms. The van der Waals surface area contributed by atoms with Crippen LogP contribution in [0.2, 0.25) is 0 Å². The molecule has 3 N–H and O–H groups in total. The molecular weight excluding hydrogens is 380 g/mol. The third kappa shape index (κ3) is 4.47. The zero-order valence-electron chi connectivity index (χ0n) is 15.2. The van der Waals surface area contributed by atoms with Crippen LogP contribution in [0.4, 0.5) is 0 Å². The van der Waals surface area contributed by atoms with E-state index in [9.17, 15) is 13.2 Å².